The number of furan rings is 1. The first kappa shape index (κ1) is 22.6. The third-order valence-corrected chi connectivity index (χ3v) is 8.39. The van der Waals surface area contributed by atoms with E-state index in [-0.39, 0.29) is 16.6 Å². The molecular weight excluding hydrogens is 424 g/mol. The fourth-order valence-corrected chi connectivity index (χ4v) is 6.09. The van der Waals surface area contributed by atoms with Gasteiger partial charge in [-0.15, -0.1) is 0 Å². The SMILES string of the molecule is CCc1c(C(=O)Nc2ccc(C)c(S(=O)(=O)N3CCCCC3)c2)oc2cc(C)c(C)cc12. The van der Waals surface area contributed by atoms with E-state index in [4.69, 9.17) is 4.42 Å². The van der Waals surface area contributed by atoms with Gasteiger partial charge in [0.1, 0.15) is 5.58 Å². The Balaban J connectivity index is 1.67. The number of carbonyl (C=O) groups excluding carboxylic acids is 1. The second-order valence-corrected chi connectivity index (χ2v) is 10.5. The molecule has 0 radical (unpaired) electrons. The minimum Gasteiger partial charge on any atom is -0.451 e. The van der Waals surface area contributed by atoms with Crippen molar-refractivity contribution in [2.24, 2.45) is 0 Å². The number of amides is 1. The first-order valence-electron chi connectivity index (χ1n) is 11.2. The smallest absolute Gasteiger partial charge is 0.291 e. The van der Waals surface area contributed by atoms with Gasteiger partial charge in [-0.05, 0) is 81.0 Å². The molecule has 1 fully saturated rings. The number of nitrogens with zero attached hydrogens (tertiary/aromatic N) is 1. The lowest BCUT2D eigenvalue weighted by Gasteiger charge is -2.26. The van der Waals surface area contributed by atoms with Gasteiger partial charge in [-0.25, -0.2) is 8.42 Å². The van der Waals surface area contributed by atoms with Crippen molar-refractivity contribution in [3.8, 4) is 0 Å². The lowest BCUT2D eigenvalue weighted by atomic mass is 10.0. The van der Waals surface area contributed by atoms with Crippen molar-refractivity contribution in [2.45, 2.75) is 58.3 Å². The number of sulfonamides is 1. The second kappa shape index (κ2) is 8.71. The monoisotopic (exact) mass is 454 g/mol. The number of piperidine rings is 1. The number of fused-ring (bicyclic) bond motifs is 1. The van der Waals surface area contributed by atoms with Crippen LogP contribution < -0.4 is 5.32 Å². The Bertz CT molecular complexity index is 1290. The van der Waals surface area contributed by atoms with E-state index in [9.17, 15) is 13.2 Å². The molecule has 1 N–H and O–H groups in total. The van der Waals surface area contributed by atoms with E-state index in [0.717, 1.165) is 41.3 Å². The molecule has 2 aromatic carbocycles. The second-order valence-electron chi connectivity index (χ2n) is 8.60. The number of carbonyl (C=O) groups is 1. The van der Waals surface area contributed by atoms with E-state index >= 15 is 0 Å². The topological polar surface area (TPSA) is 79.6 Å². The van der Waals surface area contributed by atoms with Crippen molar-refractivity contribution in [3.05, 3.63) is 58.3 Å². The van der Waals surface area contributed by atoms with Crippen molar-refractivity contribution in [1.82, 2.24) is 4.31 Å². The number of rotatable bonds is 5. The highest BCUT2D eigenvalue weighted by Crippen LogP contribution is 2.31. The van der Waals surface area contributed by atoms with Gasteiger partial charge < -0.3 is 9.73 Å². The molecule has 3 aromatic rings. The van der Waals surface area contributed by atoms with Crippen molar-refractivity contribution in [3.63, 3.8) is 0 Å². The molecule has 0 unspecified atom stereocenters. The van der Waals surface area contributed by atoms with E-state index in [1.165, 1.54) is 0 Å². The highest BCUT2D eigenvalue weighted by Gasteiger charge is 2.28. The van der Waals surface area contributed by atoms with Crippen molar-refractivity contribution in [2.75, 3.05) is 18.4 Å². The lowest BCUT2D eigenvalue weighted by Crippen LogP contribution is -2.36. The Morgan fingerprint density at radius 3 is 2.38 bits per heavy atom. The fourth-order valence-electron chi connectivity index (χ4n) is 4.33. The molecule has 2 heterocycles. The van der Waals surface area contributed by atoms with Crippen LogP contribution in [0.1, 0.15) is 59.0 Å². The van der Waals surface area contributed by atoms with Crippen LogP contribution in [0.25, 0.3) is 11.0 Å². The third kappa shape index (κ3) is 4.07. The normalized spacial score (nSPS) is 15.2. The Morgan fingerprint density at radius 2 is 1.69 bits per heavy atom. The van der Waals surface area contributed by atoms with E-state index in [1.807, 2.05) is 26.8 Å². The van der Waals surface area contributed by atoms with Gasteiger partial charge in [0.05, 0.1) is 4.90 Å². The van der Waals surface area contributed by atoms with Crippen LogP contribution in [0.2, 0.25) is 0 Å². The number of anilines is 1. The molecule has 1 saturated heterocycles. The van der Waals surface area contributed by atoms with Crippen LogP contribution in [-0.2, 0) is 16.4 Å². The van der Waals surface area contributed by atoms with Gasteiger partial charge in [-0.1, -0.05) is 19.4 Å². The molecule has 0 spiro atoms. The summed E-state index contributed by atoms with van der Waals surface area (Å²) in [7, 11) is -3.60. The molecule has 0 bridgehead atoms. The largest absolute Gasteiger partial charge is 0.451 e. The molecule has 1 aliphatic rings. The third-order valence-electron chi connectivity index (χ3n) is 6.35. The van der Waals surface area contributed by atoms with Crippen LogP contribution in [0.5, 0.6) is 0 Å². The van der Waals surface area contributed by atoms with E-state index in [1.54, 1.807) is 29.4 Å². The number of hydrogen-bond donors (Lipinski definition) is 1. The Kier molecular flexibility index (Phi) is 6.14. The summed E-state index contributed by atoms with van der Waals surface area (Å²) in [5, 5.41) is 3.79. The first-order chi connectivity index (χ1) is 15.2. The van der Waals surface area contributed by atoms with Crippen LogP contribution in [0.15, 0.2) is 39.6 Å². The van der Waals surface area contributed by atoms with Gasteiger partial charge in [0.2, 0.25) is 10.0 Å². The Hall–Kier alpha value is -2.64. The standard InChI is InChI=1S/C25H30N2O4S/c1-5-20-21-13-17(3)18(4)14-22(21)31-24(20)25(28)26-19-10-9-16(2)23(15-19)32(29,30)27-11-7-6-8-12-27/h9-10,13-15H,5-8,11-12H2,1-4H3,(H,26,28). The summed E-state index contributed by atoms with van der Waals surface area (Å²) < 4.78 is 33.9. The summed E-state index contributed by atoms with van der Waals surface area (Å²) in [5.41, 5.74) is 4.89. The molecule has 32 heavy (non-hydrogen) atoms. The first-order valence-corrected chi connectivity index (χ1v) is 12.6. The average Bonchev–Trinajstić information content (AvgIpc) is 3.13. The molecule has 0 saturated carbocycles. The van der Waals surface area contributed by atoms with Crippen molar-refractivity contribution >= 4 is 32.6 Å². The molecule has 0 aliphatic carbocycles. The van der Waals surface area contributed by atoms with E-state index < -0.39 is 10.0 Å². The molecule has 7 heteroatoms. The average molecular weight is 455 g/mol. The summed E-state index contributed by atoms with van der Waals surface area (Å²) in [6.45, 7) is 8.90. The summed E-state index contributed by atoms with van der Waals surface area (Å²) in [6.07, 6.45) is 3.46. The zero-order valence-corrected chi connectivity index (χ0v) is 19.9. The fraction of sp³-hybridized carbons (Fsp3) is 0.400. The van der Waals surface area contributed by atoms with Crippen LogP contribution in [0.3, 0.4) is 0 Å². The predicted molar refractivity (Wildman–Crippen MR) is 127 cm³/mol. The maximum atomic E-state index is 13.2. The lowest BCUT2D eigenvalue weighted by molar-refractivity contribution is 0.0997. The molecule has 0 atom stereocenters. The van der Waals surface area contributed by atoms with Crippen LogP contribution in [-0.4, -0.2) is 31.7 Å². The highest BCUT2D eigenvalue weighted by molar-refractivity contribution is 7.89. The van der Waals surface area contributed by atoms with Crippen LogP contribution in [0.4, 0.5) is 5.69 Å². The number of nitrogens with one attached hydrogen (secondary N) is 1. The van der Waals surface area contributed by atoms with Gasteiger partial charge in [0, 0.05) is 29.7 Å². The summed E-state index contributed by atoms with van der Waals surface area (Å²) in [5.74, 6) is -0.105. The molecule has 1 aliphatic heterocycles. The Morgan fingerprint density at radius 1 is 1.00 bits per heavy atom. The molecular formula is C25H30N2O4S. The van der Waals surface area contributed by atoms with Gasteiger partial charge in [-0.2, -0.15) is 4.31 Å². The minimum absolute atomic E-state index is 0.240. The van der Waals surface area contributed by atoms with Gasteiger partial charge in [0.25, 0.3) is 5.91 Å². The molecule has 1 amide bonds. The molecule has 6 nitrogen and oxygen atoms in total. The van der Waals surface area contributed by atoms with Crippen LogP contribution in [0, 0.1) is 20.8 Å². The summed E-state index contributed by atoms with van der Waals surface area (Å²) in [4.78, 5) is 13.4. The van der Waals surface area contributed by atoms with Gasteiger partial charge >= 0.3 is 0 Å². The van der Waals surface area contributed by atoms with Gasteiger partial charge in [-0.3, -0.25) is 4.79 Å². The van der Waals surface area contributed by atoms with Crippen molar-refractivity contribution in [1.29, 1.82) is 0 Å². The summed E-state index contributed by atoms with van der Waals surface area (Å²) in [6, 6.07) is 9.03. The maximum Gasteiger partial charge on any atom is 0.291 e. The number of aryl methyl sites for hydroxylation is 4. The minimum atomic E-state index is -3.60. The molecule has 1 aromatic heterocycles. The quantitative estimate of drug-likeness (QED) is 0.564. The predicted octanol–water partition coefficient (Wildman–Crippen LogP) is 5.35. The number of benzene rings is 2. The summed E-state index contributed by atoms with van der Waals surface area (Å²) >= 11 is 0. The van der Waals surface area contributed by atoms with Crippen LogP contribution >= 0.6 is 0 Å². The van der Waals surface area contributed by atoms with E-state index in [0.29, 0.717) is 36.3 Å². The zero-order valence-electron chi connectivity index (χ0n) is 19.1. The number of hydrogen-bond acceptors (Lipinski definition) is 4. The zero-order chi connectivity index (χ0) is 23.0. The van der Waals surface area contributed by atoms with Gasteiger partial charge in [0.15, 0.2) is 5.76 Å². The van der Waals surface area contributed by atoms with Crippen molar-refractivity contribution < 1.29 is 17.6 Å². The molecule has 170 valence electrons. The molecule has 4 rings (SSSR count). The maximum absolute atomic E-state index is 13.2. The Labute approximate surface area is 189 Å². The van der Waals surface area contributed by atoms with E-state index in [2.05, 4.69) is 11.4 Å². The highest BCUT2D eigenvalue weighted by atomic mass is 32.2.